The monoisotopic (exact) mass is 255 g/mol. The summed E-state index contributed by atoms with van der Waals surface area (Å²) < 4.78 is 0. The van der Waals surface area contributed by atoms with Gasteiger partial charge < -0.3 is 16.3 Å². The molecule has 1 heterocycles. The molecule has 4 N–H and O–H groups in total. The van der Waals surface area contributed by atoms with Gasteiger partial charge >= 0.3 is 0 Å². The van der Waals surface area contributed by atoms with Crippen LogP contribution in [-0.4, -0.2) is 23.5 Å². The molecule has 94 valence electrons. The first kappa shape index (κ1) is 13.5. The first-order valence-electron chi connectivity index (χ1n) is 5.21. The van der Waals surface area contributed by atoms with Gasteiger partial charge in [-0.15, -0.1) is 0 Å². The molecule has 1 rings (SSSR count). The molecule has 0 spiro atoms. The molecule has 0 aliphatic carbocycles. The number of thiophene rings is 1. The van der Waals surface area contributed by atoms with Crippen molar-refractivity contribution >= 4 is 23.1 Å². The van der Waals surface area contributed by atoms with Crippen molar-refractivity contribution in [3.63, 3.8) is 0 Å². The molecule has 6 heteroatoms. The van der Waals surface area contributed by atoms with Gasteiger partial charge in [-0.25, -0.2) is 0 Å². The maximum absolute atomic E-state index is 11.6. The molecule has 17 heavy (non-hydrogen) atoms. The molecule has 1 aromatic rings. The Balaban J connectivity index is 2.43. The average molecular weight is 255 g/mol. The Labute approximate surface area is 104 Å². The summed E-state index contributed by atoms with van der Waals surface area (Å²) >= 11 is 1.56. The number of carbonyl (C=O) groups excluding carboxylic acids is 1. The van der Waals surface area contributed by atoms with Crippen LogP contribution < -0.4 is 11.1 Å². The minimum absolute atomic E-state index is 0.0674. The van der Waals surface area contributed by atoms with Crippen molar-refractivity contribution in [3.05, 3.63) is 22.4 Å². The fraction of sp³-hybridized carbons (Fsp3) is 0.455. The van der Waals surface area contributed by atoms with E-state index >= 15 is 0 Å². The number of amidine groups is 1. The lowest BCUT2D eigenvalue weighted by Gasteiger charge is -2.22. The molecule has 0 unspecified atom stereocenters. The molecule has 0 aliphatic heterocycles. The Hall–Kier alpha value is -1.56. The second-order valence-corrected chi connectivity index (χ2v) is 5.23. The molecule has 0 saturated heterocycles. The highest BCUT2D eigenvalue weighted by molar-refractivity contribution is 7.07. The van der Waals surface area contributed by atoms with Crippen LogP contribution in [0.4, 0.5) is 0 Å². The minimum Gasteiger partial charge on any atom is -0.409 e. The molecule has 1 aromatic heterocycles. The van der Waals surface area contributed by atoms with Crippen molar-refractivity contribution in [2.75, 3.05) is 6.54 Å². The predicted octanol–water partition coefficient (Wildman–Crippen LogP) is 1.18. The number of hydrogen-bond acceptors (Lipinski definition) is 4. The summed E-state index contributed by atoms with van der Waals surface area (Å²) in [5, 5.41) is 18.2. The molecular formula is C11H17N3O2S. The summed E-state index contributed by atoms with van der Waals surface area (Å²) in [4.78, 5) is 11.6. The number of nitrogens with zero attached hydrogens (tertiary/aromatic N) is 1. The van der Waals surface area contributed by atoms with E-state index in [1.165, 1.54) is 0 Å². The molecule has 0 bridgehead atoms. The number of amides is 1. The summed E-state index contributed by atoms with van der Waals surface area (Å²) in [7, 11) is 0. The van der Waals surface area contributed by atoms with E-state index in [2.05, 4.69) is 10.5 Å². The lowest BCUT2D eigenvalue weighted by Crippen LogP contribution is -2.43. The maximum atomic E-state index is 11.6. The van der Waals surface area contributed by atoms with Gasteiger partial charge in [0.1, 0.15) is 5.84 Å². The third-order valence-electron chi connectivity index (χ3n) is 2.47. The summed E-state index contributed by atoms with van der Waals surface area (Å²) in [6.45, 7) is 3.94. The standard InChI is InChI=1S/C11H17N3O2S/c1-11(2,10(12)14-16)7-13-9(15)5-8-3-4-17-6-8/h3-4,6,16H,5,7H2,1-2H3,(H2,12,14)(H,13,15). The topological polar surface area (TPSA) is 87.7 Å². The van der Waals surface area contributed by atoms with E-state index in [0.29, 0.717) is 13.0 Å². The van der Waals surface area contributed by atoms with Crippen LogP contribution in [0.5, 0.6) is 0 Å². The summed E-state index contributed by atoms with van der Waals surface area (Å²) in [6, 6.07) is 1.92. The number of nitrogens with two attached hydrogens (primary N) is 1. The normalized spacial score (nSPS) is 12.5. The molecule has 5 nitrogen and oxygen atoms in total. The van der Waals surface area contributed by atoms with Crippen LogP contribution in [0.2, 0.25) is 0 Å². The molecule has 0 atom stereocenters. The van der Waals surface area contributed by atoms with Crippen LogP contribution in [0.15, 0.2) is 22.0 Å². The lowest BCUT2D eigenvalue weighted by molar-refractivity contribution is -0.120. The van der Waals surface area contributed by atoms with Crippen molar-refractivity contribution in [1.82, 2.24) is 5.32 Å². The molecular weight excluding hydrogens is 238 g/mol. The van der Waals surface area contributed by atoms with Crippen LogP contribution in [0.3, 0.4) is 0 Å². The number of nitrogens with one attached hydrogen (secondary N) is 1. The van der Waals surface area contributed by atoms with Gasteiger partial charge in [-0.1, -0.05) is 19.0 Å². The van der Waals surface area contributed by atoms with E-state index in [1.54, 1.807) is 25.2 Å². The second-order valence-electron chi connectivity index (χ2n) is 4.45. The minimum atomic E-state index is -0.556. The van der Waals surface area contributed by atoms with E-state index in [4.69, 9.17) is 10.9 Å². The third kappa shape index (κ3) is 4.07. The van der Waals surface area contributed by atoms with E-state index in [9.17, 15) is 4.79 Å². The molecule has 0 radical (unpaired) electrons. The Morgan fingerprint density at radius 2 is 2.35 bits per heavy atom. The van der Waals surface area contributed by atoms with Gasteiger partial charge in [0.05, 0.1) is 6.42 Å². The van der Waals surface area contributed by atoms with Gasteiger partial charge in [-0.2, -0.15) is 11.3 Å². The Kier molecular flexibility index (Phi) is 4.51. The van der Waals surface area contributed by atoms with Gasteiger partial charge in [-0.3, -0.25) is 4.79 Å². The van der Waals surface area contributed by atoms with Crippen molar-refractivity contribution in [1.29, 1.82) is 0 Å². The quantitative estimate of drug-likeness (QED) is 0.319. The van der Waals surface area contributed by atoms with Gasteiger partial charge in [0.15, 0.2) is 0 Å². The highest BCUT2D eigenvalue weighted by Gasteiger charge is 2.24. The first-order chi connectivity index (χ1) is 7.95. The molecule has 0 fully saturated rings. The smallest absolute Gasteiger partial charge is 0.224 e. The highest BCUT2D eigenvalue weighted by atomic mass is 32.1. The number of hydrogen-bond donors (Lipinski definition) is 3. The first-order valence-corrected chi connectivity index (χ1v) is 6.16. The molecule has 0 aromatic carbocycles. The van der Waals surface area contributed by atoms with Gasteiger partial charge in [0.25, 0.3) is 0 Å². The predicted molar refractivity (Wildman–Crippen MR) is 68.2 cm³/mol. The molecule has 0 saturated carbocycles. The van der Waals surface area contributed by atoms with E-state index in [1.807, 2.05) is 16.8 Å². The van der Waals surface area contributed by atoms with Crippen LogP contribution >= 0.6 is 11.3 Å². The average Bonchev–Trinajstić information content (AvgIpc) is 2.78. The van der Waals surface area contributed by atoms with E-state index in [-0.39, 0.29) is 11.7 Å². The zero-order valence-corrected chi connectivity index (χ0v) is 10.8. The Morgan fingerprint density at radius 3 is 2.88 bits per heavy atom. The number of rotatable bonds is 5. The number of carbonyl (C=O) groups is 1. The van der Waals surface area contributed by atoms with Gasteiger partial charge in [0, 0.05) is 12.0 Å². The number of oxime groups is 1. The fourth-order valence-electron chi connectivity index (χ4n) is 1.19. The van der Waals surface area contributed by atoms with Gasteiger partial charge in [0.2, 0.25) is 5.91 Å². The molecule has 0 aliphatic rings. The fourth-order valence-corrected chi connectivity index (χ4v) is 1.86. The zero-order valence-electron chi connectivity index (χ0n) is 9.93. The van der Waals surface area contributed by atoms with E-state index in [0.717, 1.165) is 5.56 Å². The van der Waals surface area contributed by atoms with Crippen molar-refractivity contribution in [3.8, 4) is 0 Å². The van der Waals surface area contributed by atoms with Crippen LogP contribution in [0.25, 0.3) is 0 Å². The van der Waals surface area contributed by atoms with Crippen LogP contribution in [-0.2, 0) is 11.2 Å². The van der Waals surface area contributed by atoms with Crippen molar-refractivity contribution < 1.29 is 10.0 Å². The molecule has 1 amide bonds. The van der Waals surface area contributed by atoms with Crippen LogP contribution in [0, 0.1) is 5.41 Å². The van der Waals surface area contributed by atoms with Crippen molar-refractivity contribution in [2.24, 2.45) is 16.3 Å². The second kappa shape index (κ2) is 5.67. The largest absolute Gasteiger partial charge is 0.409 e. The summed E-state index contributed by atoms with van der Waals surface area (Å²) in [5.74, 6) is 0.0375. The summed E-state index contributed by atoms with van der Waals surface area (Å²) in [5.41, 5.74) is 5.96. The van der Waals surface area contributed by atoms with Crippen molar-refractivity contribution in [2.45, 2.75) is 20.3 Å². The third-order valence-corrected chi connectivity index (χ3v) is 3.21. The summed E-state index contributed by atoms with van der Waals surface area (Å²) in [6.07, 6.45) is 0.357. The van der Waals surface area contributed by atoms with E-state index < -0.39 is 5.41 Å². The van der Waals surface area contributed by atoms with Crippen LogP contribution in [0.1, 0.15) is 19.4 Å². The maximum Gasteiger partial charge on any atom is 0.224 e. The SMILES string of the molecule is CC(C)(CNC(=O)Cc1ccsc1)/C(N)=N/O. The highest BCUT2D eigenvalue weighted by Crippen LogP contribution is 2.13. The lowest BCUT2D eigenvalue weighted by atomic mass is 9.92. The zero-order chi connectivity index (χ0) is 12.9. The Bertz CT molecular complexity index is 399. The van der Waals surface area contributed by atoms with Gasteiger partial charge in [-0.05, 0) is 22.4 Å². The Morgan fingerprint density at radius 1 is 1.65 bits per heavy atom.